The van der Waals surface area contributed by atoms with E-state index in [1.54, 1.807) is 11.3 Å². The molecule has 0 unspecified atom stereocenters. The van der Waals surface area contributed by atoms with Crippen molar-refractivity contribution in [3.8, 4) is 0 Å². The summed E-state index contributed by atoms with van der Waals surface area (Å²) in [6.45, 7) is 2.90. The van der Waals surface area contributed by atoms with E-state index in [4.69, 9.17) is 11.6 Å². The van der Waals surface area contributed by atoms with Crippen molar-refractivity contribution in [2.75, 3.05) is 0 Å². The van der Waals surface area contributed by atoms with Gasteiger partial charge in [0.1, 0.15) is 0 Å². The summed E-state index contributed by atoms with van der Waals surface area (Å²) in [6, 6.07) is 8.07. The van der Waals surface area contributed by atoms with Crippen molar-refractivity contribution < 1.29 is 0 Å². The topological polar surface area (TPSA) is 17.8 Å². The SMILES string of the molecule is Cc1ncc(Cn2ccc3cc(Cl)ccc32)s1. The Kier molecular flexibility index (Phi) is 2.65. The highest BCUT2D eigenvalue weighted by Crippen LogP contribution is 2.22. The van der Waals surface area contributed by atoms with Crippen LogP contribution in [0.15, 0.2) is 36.7 Å². The van der Waals surface area contributed by atoms with Gasteiger partial charge in [0.25, 0.3) is 0 Å². The van der Waals surface area contributed by atoms with Gasteiger partial charge < -0.3 is 4.57 Å². The molecule has 0 saturated carbocycles. The van der Waals surface area contributed by atoms with Gasteiger partial charge in [-0.25, -0.2) is 4.98 Å². The molecule has 0 aliphatic rings. The highest BCUT2D eigenvalue weighted by molar-refractivity contribution is 7.11. The third-order valence-electron chi connectivity index (χ3n) is 2.73. The maximum Gasteiger partial charge on any atom is 0.0897 e. The number of fused-ring (bicyclic) bond motifs is 1. The number of nitrogens with zero attached hydrogens (tertiary/aromatic N) is 2. The number of aryl methyl sites for hydroxylation is 1. The first kappa shape index (κ1) is 10.8. The molecular formula is C13H11ClN2S. The van der Waals surface area contributed by atoms with Gasteiger partial charge in [-0.3, -0.25) is 0 Å². The molecule has 0 spiro atoms. The van der Waals surface area contributed by atoms with Crippen LogP contribution in [-0.2, 0) is 6.54 Å². The van der Waals surface area contributed by atoms with Crippen molar-refractivity contribution in [1.29, 1.82) is 0 Å². The molecule has 0 N–H and O–H groups in total. The largest absolute Gasteiger partial charge is 0.342 e. The maximum atomic E-state index is 5.97. The van der Waals surface area contributed by atoms with E-state index in [0.29, 0.717) is 0 Å². The highest BCUT2D eigenvalue weighted by Gasteiger charge is 2.04. The van der Waals surface area contributed by atoms with Crippen LogP contribution < -0.4 is 0 Å². The Bertz CT molecular complexity index is 669. The summed E-state index contributed by atoms with van der Waals surface area (Å²) in [5.74, 6) is 0. The molecule has 0 radical (unpaired) electrons. The molecule has 2 heterocycles. The van der Waals surface area contributed by atoms with Crippen molar-refractivity contribution in [2.45, 2.75) is 13.5 Å². The van der Waals surface area contributed by atoms with Crippen LogP contribution >= 0.6 is 22.9 Å². The Balaban J connectivity index is 2.00. The fourth-order valence-electron chi connectivity index (χ4n) is 1.96. The summed E-state index contributed by atoms with van der Waals surface area (Å²) in [5, 5.41) is 3.07. The molecule has 0 saturated heterocycles. The number of thiazole rings is 1. The molecule has 0 aliphatic carbocycles. The molecule has 3 rings (SSSR count). The molecule has 86 valence electrons. The second kappa shape index (κ2) is 4.17. The zero-order valence-electron chi connectivity index (χ0n) is 9.35. The molecule has 0 aliphatic heterocycles. The van der Waals surface area contributed by atoms with Crippen LogP contribution in [0, 0.1) is 6.92 Å². The molecule has 0 fully saturated rings. The molecular weight excluding hydrogens is 252 g/mol. The second-order valence-corrected chi connectivity index (χ2v) is 5.75. The monoisotopic (exact) mass is 262 g/mol. The standard InChI is InChI=1S/C13H11ClN2S/c1-9-15-7-12(17-9)8-16-5-4-10-6-11(14)2-3-13(10)16/h2-7H,8H2,1H3. The van der Waals surface area contributed by atoms with Gasteiger partial charge in [0.05, 0.1) is 11.6 Å². The van der Waals surface area contributed by atoms with Gasteiger partial charge in [0.15, 0.2) is 0 Å². The lowest BCUT2D eigenvalue weighted by Gasteiger charge is -2.02. The fourth-order valence-corrected chi connectivity index (χ4v) is 2.93. The van der Waals surface area contributed by atoms with Crippen molar-refractivity contribution in [2.24, 2.45) is 0 Å². The van der Waals surface area contributed by atoms with E-state index in [0.717, 1.165) is 16.6 Å². The molecule has 17 heavy (non-hydrogen) atoms. The first-order valence-corrected chi connectivity index (χ1v) is 6.57. The summed E-state index contributed by atoms with van der Waals surface area (Å²) in [4.78, 5) is 5.55. The maximum absolute atomic E-state index is 5.97. The Morgan fingerprint density at radius 3 is 3.00 bits per heavy atom. The minimum Gasteiger partial charge on any atom is -0.342 e. The molecule has 4 heteroatoms. The fraction of sp³-hybridized carbons (Fsp3) is 0.154. The van der Waals surface area contributed by atoms with Gasteiger partial charge in [0, 0.05) is 33.2 Å². The Morgan fingerprint density at radius 2 is 2.24 bits per heavy atom. The van der Waals surface area contributed by atoms with E-state index in [-0.39, 0.29) is 0 Å². The van der Waals surface area contributed by atoms with Crippen LogP contribution in [0.1, 0.15) is 9.88 Å². The lowest BCUT2D eigenvalue weighted by atomic mass is 10.2. The predicted octanol–water partition coefficient (Wildman–Crippen LogP) is 4.11. The highest BCUT2D eigenvalue weighted by atomic mass is 35.5. The van der Waals surface area contributed by atoms with Crippen LogP contribution in [0.25, 0.3) is 10.9 Å². The lowest BCUT2D eigenvalue weighted by molar-refractivity contribution is 0.849. The summed E-state index contributed by atoms with van der Waals surface area (Å²) >= 11 is 7.71. The zero-order chi connectivity index (χ0) is 11.8. The van der Waals surface area contributed by atoms with E-state index in [1.165, 1.54) is 15.8 Å². The summed E-state index contributed by atoms with van der Waals surface area (Å²) in [5.41, 5.74) is 1.21. The van der Waals surface area contributed by atoms with Crippen LogP contribution in [0.3, 0.4) is 0 Å². The van der Waals surface area contributed by atoms with Crippen molar-refractivity contribution in [3.05, 3.63) is 51.6 Å². The minimum absolute atomic E-state index is 0.781. The normalized spacial score (nSPS) is 11.2. The van der Waals surface area contributed by atoms with Crippen LogP contribution in [0.4, 0.5) is 0 Å². The van der Waals surface area contributed by atoms with E-state index < -0.39 is 0 Å². The molecule has 2 aromatic heterocycles. The van der Waals surface area contributed by atoms with Gasteiger partial charge in [-0.1, -0.05) is 11.6 Å². The number of rotatable bonds is 2. The summed E-state index contributed by atoms with van der Waals surface area (Å²) < 4.78 is 2.22. The molecule has 3 aromatic rings. The summed E-state index contributed by atoms with van der Waals surface area (Å²) in [6.07, 6.45) is 4.04. The Hall–Kier alpha value is -1.32. The first-order chi connectivity index (χ1) is 8.22. The molecule has 2 nitrogen and oxygen atoms in total. The van der Waals surface area contributed by atoms with Gasteiger partial charge in [-0.05, 0) is 31.2 Å². The Morgan fingerprint density at radius 1 is 1.35 bits per heavy atom. The van der Waals surface area contributed by atoms with E-state index in [2.05, 4.69) is 27.9 Å². The smallest absolute Gasteiger partial charge is 0.0897 e. The number of hydrogen-bond acceptors (Lipinski definition) is 2. The lowest BCUT2D eigenvalue weighted by Crippen LogP contribution is -1.95. The number of hydrogen-bond donors (Lipinski definition) is 0. The van der Waals surface area contributed by atoms with E-state index >= 15 is 0 Å². The van der Waals surface area contributed by atoms with Crippen LogP contribution in [-0.4, -0.2) is 9.55 Å². The predicted molar refractivity (Wildman–Crippen MR) is 72.9 cm³/mol. The minimum atomic E-state index is 0.781. The Labute approximate surface area is 108 Å². The number of aromatic nitrogens is 2. The number of halogens is 1. The third kappa shape index (κ3) is 2.08. The third-order valence-corrected chi connectivity index (χ3v) is 3.86. The average molecular weight is 263 g/mol. The second-order valence-electron chi connectivity index (χ2n) is 3.99. The van der Waals surface area contributed by atoms with Crippen LogP contribution in [0.5, 0.6) is 0 Å². The van der Waals surface area contributed by atoms with Crippen molar-refractivity contribution in [1.82, 2.24) is 9.55 Å². The van der Waals surface area contributed by atoms with Gasteiger partial charge >= 0.3 is 0 Å². The zero-order valence-corrected chi connectivity index (χ0v) is 10.9. The quantitative estimate of drug-likeness (QED) is 0.680. The first-order valence-electron chi connectivity index (χ1n) is 5.38. The van der Waals surface area contributed by atoms with Gasteiger partial charge in [-0.15, -0.1) is 11.3 Å². The van der Waals surface area contributed by atoms with E-state index in [9.17, 15) is 0 Å². The average Bonchev–Trinajstić information content (AvgIpc) is 2.86. The summed E-state index contributed by atoms with van der Waals surface area (Å²) in [7, 11) is 0. The molecule has 0 bridgehead atoms. The van der Waals surface area contributed by atoms with Crippen LogP contribution in [0.2, 0.25) is 5.02 Å². The number of benzene rings is 1. The van der Waals surface area contributed by atoms with Gasteiger partial charge in [0.2, 0.25) is 0 Å². The molecule has 1 aromatic carbocycles. The molecule has 0 amide bonds. The van der Waals surface area contributed by atoms with Crippen molar-refractivity contribution >= 4 is 33.8 Å². The molecule has 0 atom stereocenters. The van der Waals surface area contributed by atoms with Crippen molar-refractivity contribution in [3.63, 3.8) is 0 Å². The van der Waals surface area contributed by atoms with E-state index in [1.807, 2.05) is 25.3 Å². The van der Waals surface area contributed by atoms with Gasteiger partial charge in [-0.2, -0.15) is 0 Å².